The molecule has 0 bridgehead atoms. The van der Waals surface area contributed by atoms with Crippen molar-refractivity contribution in [3.63, 3.8) is 0 Å². The lowest BCUT2D eigenvalue weighted by Crippen LogP contribution is -1.99. The Morgan fingerprint density at radius 1 is 1.26 bits per heavy atom. The molecule has 3 N–H and O–H groups in total. The smallest absolute Gasteiger partial charge is 0.114 e. The third-order valence-electron chi connectivity index (χ3n) is 3.02. The van der Waals surface area contributed by atoms with Crippen molar-refractivity contribution in [3.8, 4) is 11.3 Å². The fourth-order valence-corrected chi connectivity index (χ4v) is 2.01. The van der Waals surface area contributed by atoms with E-state index in [4.69, 9.17) is 5.73 Å². The Kier molecular flexibility index (Phi) is 2.56. The minimum Gasteiger partial charge on any atom is -0.395 e. The third kappa shape index (κ3) is 1.87. The first-order valence-corrected chi connectivity index (χ1v) is 5.91. The molecule has 0 aliphatic rings. The minimum atomic E-state index is 0.609. The normalized spacial score (nSPS) is 10.8. The number of rotatable bonds is 2. The van der Waals surface area contributed by atoms with Crippen LogP contribution in [-0.4, -0.2) is 26.8 Å². The molecule has 0 unspecified atom stereocenters. The summed E-state index contributed by atoms with van der Waals surface area (Å²) in [7, 11) is 3.70. The summed E-state index contributed by atoms with van der Waals surface area (Å²) in [6.07, 6.45) is 5.39. The predicted octanol–water partition coefficient (Wildman–Crippen LogP) is 1.65. The molecule has 2 heterocycles. The standard InChI is InChI=1S/C13H14N6/c1-15-9-3-4-10-13(12(9)14)18-11(6-16-10)8-5-17-19(2)7-8/h3-7,15H,14H2,1-2H3. The first-order valence-electron chi connectivity index (χ1n) is 5.91. The van der Waals surface area contributed by atoms with Crippen LogP contribution in [0, 0.1) is 0 Å². The van der Waals surface area contributed by atoms with Crippen LogP contribution in [0.3, 0.4) is 0 Å². The maximum Gasteiger partial charge on any atom is 0.114 e. The number of anilines is 2. The molecule has 0 atom stereocenters. The van der Waals surface area contributed by atoms with Gasteiger partial charge in [0.15, 0.2) is 0 Å². The molecule has 0 saturated carbocycles. The number of nitrogens with zero attached hydrogens (tertiary/aromatic N) is 4. The van der Waals surface area contributed by atoms with Crippen molar-refractivity contribution in [2.24, 2.45) is 7.05 Å². The second-order valence-electron chi connectivity index (χ2n) is 4.30. The fourth-order valence-electron chi connectivity index (χ4n) is 2.01. The van der Waals surface area contributed by atoms with Crippen molar-refractivity contribution in [1.29, 1.82) is 0 Å². The Labute approximate surface area is 110 Å². The lowest BCUT2D eigenvalue weighted by atomic mass is 10.2. The van der Waals surface area contributed by atoms with Gasteiger partial charge in [-0.1, -0.05) is 0 Å². The fraction of sp³-hybridized carbons (Fsp3) is 0.154. The van der Waals surface area contributed by atoms with Crippen molar-refractivity contribution in [2.45, 2.75) is 0 Å². The average molecular weight is 254 g/mol. The molecule has 6 nitrogen and oxygen atoms in total. The van der Waals surface area contributed by atoms with E-state index in [1.54, 1.807) is 17.1 Å². The van der Waals surface area contributed by atoms with Crippen LogP contribution >= 0.6 is 0 Å². The summed E-state index contributed by atoms with van der Waals surface area (Å²) in [4.78, 5) is 8.98. The molecule has 0 aliphatic carbocycles. The molecular formula is C13H14N6. The molecule has 0 saturated heterocycles. The van der Waals surface area contributed by atoms with Gasteiger partial charge in [-0.3, -0.25) is 9.67 Å². The highest BCUT2D eigenvalue weighted by molar-refractivity contribution is 5.94. The van der Waals surface area contributed by atoms with Crippen LogP contribution < -0.4 is 11.1 Å². The number of nitrogens with one attached hydrogen (secondary N) is 1. The summed E-state index contributed by atoms with van der Waals surface area (Å²) >= 11 is 0. The predicted molar refractivity (Wildman–Crippen MR) is 75.7 cm³/mol. The zero-order valence-electron chi connectivity index (χ0n) is 10.8. The zero-order valence-corrected chi connectivity index (χ0v) is 10.8. The SMILES string of the molecule is CNc1ccc2ncc(-c3cnn(C)c3)nc2c1N. The maximum absolute atomic E-state index is 6.10. The topological polar surface area (TPSA) is 81.7 Å². The number of aryl methyl sites for hydroxylation is 1. The van der Waals surface area contributed by atoms with Gasteiger partial charge in [0, 0.05) is 25.9 Å². The van der Waals surface area contributed by atoms with Crippen LogP contribution in [0.4, 0.5) is 11.4 Å². The van der Waals surface area contributed by atoms with E-state index in [0.717, 1.165) is 22.5 Å². The van der Waals surface area contributed by atoms with Crippen molar-refractivity contribution in [2.75, 3.05) is 18.1 Å². The third-order valence-corrected chi connectivity index (χ3v) is 3.02. The highest BCUT2D eigenvalue weighted by atomic mass is 15.2. The lowest BCUT2D eigenvalue weighted by molar-refractivity contribution is 0.768. The van der Waals surface area contributed by atoms with E-state index in [0.29, 0.717) is 11.2 Å². The number of benzene rings is 1. The van der Waals surface area contributed by atoms with Crippen molar-refractivity contribution < 1.29 is 0 Å². The van der Waals surface area contributed by atoms with E-state index in [2.05, 4.69) is 20.4 Å². The number of fused-ring (bicyclic) bond motifs is 1. The summed E-state index contributed by atoms with van der Waals surface area (Å²) in [5.74, 6) is 0. The number of nitrogen functional groups attached to an aromatic ring is 1. The summed E-state index contributed by atoms with van der Waals surface area (Å²) < 4.78 is 1.73. The quantitative estimate of drug-likeness (QED) is 0.680. The van der Waals surface area contributed by atoms with Crippen LogP contribution in [0.5, 0.6) is 0 Å². The highest BCUT2D eigenvalue weighted by Gasteiger charge is 2.09. The molecule has 2 aromatic heterocycles. The minimum absolute atomic E-state index is 0.609. The zero-order chi connectivity index (χ0) is 13.4. The second-order valence-corrected chi connectivity index (χ2v) is 4.30. The van der Waals surface area contributed by atoms with Crippen LogP contribution in [-0.2, 0) is 7.05 Å². The van der Waals surface area contributed by atoms with Crippen LogP contribution in [0.25, 0.3) is 22.3 Å². The first-order chi connectivity index (χ1) is 9.19. The summed E-state index contributed by atoms with van der Waals surface area (Å²) in [5, 5.41) is 7.18. The van der Waals surface area contributed by atoms with Gasteiger partial charge in [-0.15, -0.1) is 0 Å². The van der Waals surface area contributed by atoms with E-state index in [-0.39, 0.29) is 0 Å². The number of nitrogens with two attached hydrogens (primary N) is 1. The molecule has 1 aromatic carbocycles. The van der Waals surface area contributed by atoms with Gasteiger partial charge in [-0.05, 0) is 12.1 Å². The Hall–Kier alpha value is -2.63. The van der Waals surface area contributed by atoms with E-state index in [1.165, 1.54) is 0 Å². The molecule has 0 aliphatic heterocycles. The van der Waals surface area contributed by atoms with Crippen molar-refractivity contribution in [3.05, 3.63) is 30.7 Å². The van der Waals surface area contributed by atoms with Gasteiger partial charge in [0.25, 0.3) is 0 Å². The van der Waals surface area contributed by atoms with E-state index in [9.17, 15) is 0 Å². The molecule has 0 fully saturated rings. The summed E-state index contributed by atoms with van der Waals surface area (Å²) in [6, 6.07) is 3.80. The Bertz CT molecular complexity index is 746. The number of hydrogen-bond donors (Lipinski definition) is 2. The van der Waals surface area contributed by atoms with Gasteiger partial charge in [0.1, 0.15) is 5.52 Å². The Morgan fingerprint density at radius 2 is 2.11 bits per heavy atom. The molecule has 3 aromatic rings. The van der Waals surface area contributed by atoms with Gasteiger partial charge in [0.05, 0.1) is 35.0 Å². The lowest BCUT2D eigenvalue weighted by Gasteiger charge is -2.08. The molecule has 96 valence electrons. The van der Waals surface area contributed by atoms with Gasteiger partial charge in [-0.2, -0.15) is 5.10 Å². The average Bonchev–Trinajstić information content (AvgIpc) is 2.86. The molecule has 3 rings (SSSR count). The van der Waals surface area contributed by atoms with Crippen molar-refractivity contribution in [1.82, 2.24) is 19.7 Å². The summed E-state index contributed by atoms with van der Waals surface area (Å²) in [5.41, 5.74) is 10.7. The number of aromatic nitrogens is 4. The Morgan fingerprint density at radius 3 is 2.79 bits per heavy atom. The van der Waals surface area contributed by atoms with Crippen LogP contribution in [0.15, 0.2) is 30.7 Å². The monoisotopic (exact) mass is 254 g/mol. The number of hydrogen-bond acceptors (Lipinski definition) is 5. The van der Waals surface area contributed by atoms with Crippen molar-refractivity contribution >= 4 is 22.4 Å². The van der Waals surface area contributed by atoms with Crippen LogP contribution in [0.2, 0.25) is 0 Å². The van der Waals surface area contributed by atoms with E-state index in [1.807, 2.05) is 32.4 Å². The highest BCUT2D eigenvalue weighted by Crippen LogP contribution is 2.27. The summed E-state index contributed by atoms with van der Waals surface area (Å²) in [6.45, 7) is 0. The largest absolute Gasteiger partial charge is 0.395 e. The molecule has 19 heavy (non-hydrogen) atoms. The van der Waals surface area contributed by atoms with Gasteiger partial charge in [-0.25, -0.2) is 4.98 Å². The van der Waals surface area contributed by atoms with Gasteiger partial charge < -0.3 is 11.1 Å². The molecule has 6 heteroatoms. The first kappa shape index (κ1) is 11.5. The molecule has 0 amide bonds. The van der Waals surface area contributed by atoms with E-state index < -0.39 is 0 Å². The maximum atomic E-state index is 6.10. The van der Waals surface area contributed by atoms with Gasteiger partial charge >= 0.3 is 0 Å². The van der Waals surface area contributed by atoms with Crippen LogP contribution in [0.1, 0.15) is 0 Å². The second kappa shape index (κ2) is 4.24. The molecule has 0 radical (unpaired) electrons. The molecule has 0 spiro atoms. The van der Waals surface area contributed by atoms with E-state index >= 15 is 0 Å². The molecular weight excluding hydrogens is 240 g/mol. The van der Waals surface area contributed by atoms with Gasteiger partial charge in [0.2, 0.25) is 0 Å². The Balaban J connectivity index is 2.21.